The van der Waals surface area contributed by atoms with Crippen LogP contribution in [0.4, 0.5) is 0 Å². The number of halogens is 1. The van der Waals surface area contributed by atoms with Crippen molar-refractivity contribution in [2.45, 2.75) is 102 Å². The van der Waals surface area contributed by atoms with Gasteiger partial charge < -0.3 is 4.74 Å². The molecule has 0 aliphatic carbocycles. The number of benzene rings is 3. The maximum Gasteiger partial charge on any atom is 0.119 e. The van der Waals surface area contributed by atoms with E-state index in [1.165, 1.54) is 83.5 Å². The van der Waals surface area contributed by atoms with E-state index in [0.717, 1.165) is 35.5 Å². The Morgan fingerprint density at radius 1 is 0.486 bits per heavy atom. The van der Waals surface area contributed by atoms with Gasteiger partial charge in [0.15, 0.2) is 0 Å². The van der Waals surface area contributed by atoms with E-state index in [1.807, 2.05) is 36.4 Å². The highest BCUT2D eigenvalue weighted by atomic mass is 35.5. The lowest BCUT2D eigenvalue weighted by atomic mass is 9.84. The van der Waals surface area contributed by atoms with E-state index in [0.29, 0.717) is 0 Å². The van der Waals surface area contributed by atoms with Crippen LogP contribution < -0.4 is 4.74 Å². The summed E-state index contributed by atoms with van der Waals surface area (Å²) in [7, 11) is 0. The molecule has 0 N–H and O–H groups in total. The van der Waals surface area contributed by atoms with Gasteiger partial charge in [-0.05, 0) is 35.2 Å². The standard InChI is InChI=1S/C35H47ClO/c1-2-3-4-5-6-7-8-9-10-11-12-13-14-21-30-37-34-28-26-33(27-29-34)35(36,31-22-17-15-18-23-31)32-24-19-16-20-25-32/h15-20,22-29H,2-14,21,30H2,1H3. The first-order valence-electron chi connectivity index (χ1n) is 14.8. The van der Waals surface area contributed by atoms with Gasteiger partial charge in [0.25, 0.3) is 0 Å². The zero-order valence-electron chi connectivity index (χ0n) is 23.0. The quantitative estimate of drug-likeness (QED) is 0.0870. The summed E-state index contributed by atoms with van der Waals surface area (Å²) < 4.78 is 6.05. The Bertz CT molecular complexity index is 912. The Balaban J connectivity index is 1.33. The molecule has 0 amide bonds. The number of alkyl halides is 1. The fourth-order valence-corrected chi connectivity index (χ4v) is 5.48. The Morgan fingerprint density at radius 2 is 0.865 bits per heavy atom. The molecule has 0 aromatic heterocycles. The molecule has 3 aromatic rings. The minimum Gasteiger partial charge on any atom is -0.494 e. The van der Waals surface area contributed by atoms with E-state index in [-0.39, 0.29) is 0 Å². The van der Waals surface area contributed by atoms with E-state index >= 15 is 0 Å². The van der Waals surface area contributed by atoms with Gasteiger partial charge in [0.1, 0.15) is 10.6 Å². The fourth-order valence-electron chi connectivity index (χ4n) is 5.10. The Kier molecular flexibility index (Phi) is 13.7. The minimum absolute atomic E-state index is 0.727. The van der Waals surface area contributed by atoms with Crippen LogP contribution in [-0.2, 0) is 4.87 Å². The third kappa shape index (κ3) is 9.86. The average Bonchev–Trinajstić information content (AvgIpc) is 2.96. The van der Waals surface area contributed by atoms with Crippen LogP contribution in [0.1, 0.15) is 114 Å². The molecule has 0 radical (unpaired) electrons. The molecule has 37 heavy (non-hydrogen) atoms. The summed E-state index contributed by atoms with van der Waals surface area (Å²) in [6.07, 6.45) is 19.2. The van der Waals surface area contributed by atoms with Crippen molar-refractivity contribution < 1.29 is 4.74 Å². The lowest BCUT2D eigenvalue weighted by molar-refractivity contribution is 0.304. The molecule has 3 aromatic carbocycles. The van der Waals surface area contributed by atoms with Crippen molar-refractivity contribution in [2.24, 2.45) is 0 Å². The second-order valence-corrected chi connectivity index (χ2v) is 10.9. The minimum atomic E-state index is -0.727. The van der Waals surface area contributed by atoms with Gasteiger partial charge in [0.05, 0.1) is 6.61 Å². The predicted octanol–water partition coefficient (Wildman–Crippen LogP) is 11.1. The molecule has 200 valence electrons. The van der Waals surface area contributed by atoms with Gasteiger partial charge >= 0.3 is 0 Å². The summed E-state index contributed by atoms with van der Waals surface area (Å²) in [6, 6.07) is 28.9. The van der Waals surface area contributed by atoms with Crippen LogP contribution in [0, 0.1) is 0 Å². The summed E-state index contributed by atoms with van der Waals surface area (Å²) in [6.45, 7) is 3.07. The van der Waals surface area contributed by atoms with Gasteiger partial charge in [-0.15, -0.1) is 11.6 Å². The first kappa shape index (κ1) is 29.3. The molecule has 0 saturated carbocycles. The van der Waals surface area contributed by atoms with Crippen molar-refractivity contribution in [1.82, 2.24) is 0 Å². The van der Waals surface area contributed by atoms with Crippen LogP contribution in [0.3, 0.4) is 0 Å². The van der Waals surface area contributed by atoms with Crippen LogP contribution in [-0.4, -0.2) is 6.61 Å². The molecule has 0 spiro atoms. The topological polar surface area (TPSA) is 9.23 Å². The Labute approximate surface area is 231 Å². The molecular weight excluding hydrogens is 472 g/mol. The molecule has 0 saturated heterocycles. The second-order valence-electron chi connectivity index (χ2n) is 10.4. The maximum absolute atomic E-state index is 7.37. The largest absolute Gasteiger partial charge is 0.494 e. The maximum atomic E-state index is 7.37. The van der Waals surface area contributed by atoms with Gasteiger partial charge in [-0.3, -0.25) is 0 Å². The van der Waals surface area contributed by atoms with Crippen LogP contribution in [0.5, 0.6) is 5.75 Å². The third-order valence-corrected chi connectivity index (χ3v) is 8.02. The molecule has 0 fully saturated rings. The first-order valence-corrected chi connectivity index (χ1v) is 15.2. The normalized spacial score (nSPS) is 11.5. The van der Waals surface area contributed by atoms with Crippen molar-refractivity contribution >= 4 is 11.6 Å². The van der Waals surface area contributed by atoms with Crippen molar-refractivity contribution in [2.75, 3.05) is 6.61 Å². The highest BCUT2D eigenvalue weighted by molar-refractivity contribution is 6.28. The molecule has 0 unspecified atom stereocenters. The van der Waals surface area contributed by atoms with Gasteiger partial charge in [-0.2, -0.15) is 0 Å². The molecule has 0 atom stereocenters. The van der Waals surface area contributed by atoms with Gasteiger partial charge in [-0.1, -0.05) is 163 Å². The lowest BCUT2D eigenvalue weighted by Gasteiger charge is -2.29. The van der Waals surface area contributed by atoms with E-state index in [2.05, 4.69) is 55.5 Å². The lowest BCUT2D eigenvalue weighted by Crippen LogP contribution is -2.22. The van der Waals surface area contributed by atoms with Crippen molar-refractivity contribution in [1.29, 1.82) is 0 Å². The fraction of sp³-hybridized carbons (Fsp3) is 0.486. The van der Waals surface area contributed by atoms with Gasteiger partial charge in [0.2, 0.25) is 0 Å². The number of unbranched alkanes of at least 4 members (excludes halogenated alkanes) is 13. The molecule has 3 rings (SSSR count). The van der Waals surface area contributed by atoms with E-state index in [1.54, 1.807) is 0 Å². The van der Waals surface area contributed by atoms with Crippen LogP contribution in [0.2, 0.25) is 0 Å². The molecule has 0 heterocycles. The first-order chi connectivity index (χ1) is 18.2. The summed E-state index contributed by atoms with van der Waals surface area (Å²) in [5, 5.41) is 0. The number of ether oxygens (including phenoxy) is 1. The van der Waals surface area contributed by atoms with Crippen molar-refractivity contribution in [3.8, 4) is 5.75 Å². The molecule has 0 aliphatic rings. The van der Waals surface area contributed by atoms with E-state index in [4.69, 9.17) is 16.3 Å². The molecular formula is C35H47ClO. The predicted molar refractivity (Wildman–Crippen MR) is 161 cm³/mol. The van der Waals surface area contributed by atoms with Gasteiger partial charge in [0, 0.05) is 0 Å². The van der Waals surface area contributed by atoms with Crippen LogP contribution in [0.15, 0.2) is 84.9 Å². The average molecular weight is 519 g/mol. The molecule has 0 bridgehead atoms. The molecule has 1 nitrogen and oxygen atoms in total. The number of hydrogen-bond donors (Lipinski definition) is 0. The third-order valence-electron chi connectivity index (χ3n) is 7.36. The summed E-state index contributed by atoms with van der Waals surface area (Å²) in [5.41, 5.74) is 3.19. The zero-order valence-corrected chi connectivity index (χ0v) is 23.7. The monoisotopic (exact) mass is 518 g/mol. The number of hydrogen-bond acceptors (Lipinski definition) is 1. The second kappa shape index (κ2) is 17.3. The highest BCUT2D eigenvalue weighted by Gasteiger charge is 2.33. The van der Waals surface area contributed by atoms with Gasteiger partial charge in [-0.25, -0.2) is 0 Å². The summed E-state index contributed by atoms with van der Waals surface area (Å²) >= 11 is 7.37. The van der Waals surface area contributed by atoms with Crippen molar-refractivity contribution in [3.63, 3.8) is 0 Å². The van der Waals surface area contributed by atoms with Crippen molar-refractivity contribution in [3.05, 3.63) is 102 Å². The van der Waals surface area contributed by atoms with Crippen LogP contribution >= 0.6 is 11.6 Å². The molecule has 2 heteroatoms. The SMILES string of the molecule is CCCCCCCCCCCCCCCCOc1ccc(C(Cl)(c2ccccc2)c2ccccc2)cc1. The van der Waals surface area contributed by atoms with Crippen LogP contribution in [0.25, 0.3) is 0 Å². The zero-order chi connectivity index (χ0) is 26.0. The Morgan fingerprint density at radius 3 is 1.30 bits per heavy atom. The van der Waals surface area contributed by atoms with E-state index < -0.39 is 4.87 Å². The number of rotatable bonds is 19. The Hall–Kier alpha value is -2.25. The highest BCUT2D eigenvalue weighted by Crippen LogP contribution is 2.43. The van der Waals surface area contributed by atoms with E-state index in [9.17, 15) is 0 Å². The molecule has 0 aliphatic heterocycles. The summed E-state index contributed by atoms with van der Waals surface area (Å²) in [5.74, 6) is 0.915. The summed E-state index contributed by atoms with van der Waals surface area (Å²) in [4.78, 5) is -0.727. The smallest absolute Gasteiger partial charge is 0.119 e.